The van der Waals surface area contributed by atoms with Crippen LogP contribution in [0.25, 0.3) is 0 Å². The maximum atomic E-state index is 12.1. The van der Waals surface area contributed by atoms with Crippen molar-refractivity contribution >= 4 is 17.3 Å². The molecule has 3 aromatic carbocycles. The Bertz CT molecular complexity index is 1160. The normalized spacial score (nSPS) is 10.4. The number of ketones is 2. The average Bonchev–Trinajstić information content (AvgIpc) is 2.82. The predicted octanol–water partition coefficient (Wildman–Crippen LogP) is 5.01. The molecule has 2 N–H and O–H groups in total. The third-order valence-electron chi connectivity index (χ3n) is 5.16. The fourth-order valence-electron chi connectivity index (χ4n) is 3.32. The molecule has 0 saturated carbocycles. The number of nitrogens with one attached hydrogen (secondary N) is 1. The van der Waals surface area contributed by atoms with Crippen molar-refractivity contribution in [2.45, 2.75) is 27.0 Å². The Hall–Kier alpha value is -4.00. The summed E-state index contributed by atoms with van der Waals surface area (Å²) in [6, 6.07) is 16.1. The molecule has 0 aromatic heterocycles. The predicted molar refractivity (Wildman–Crippen MR) is 126 cm³/mol. The lowest BCUT2D eigenvalue weighted by molar-refractivity contribution is 0.100. The Morgan fingerprint density at radius 1 is 0.879 bits per heavy atom. The first-order valence-electron chi connectivity index (χ1n) is 10.4. The van der Waals surface area contributed by atoms with Crippen LogP contribution in [0.3, 0.4) is 0 Å². The summed E-state index contributed by atoms with van der Waals surface area (Å²) in [5.74, 6) is 0.684. The Balaban J connectivity index is 1.97. The Morgan fingerprint density at radius 2 is 1.48 bits per heavy atom. The fourth-order valence-corrected chi connectivity index (χ4v) is 3.32. The largest absolute Gasteiger partial charge is 0.504 e. The number of carbonyl (C=O) groups excluding carboxylic acids is 2. The summed E-state index contributed by atoms with van der Waals surface area (Å²) in [5, 5.41) is 13.8. The van der Waals surface area contributed by atoms with Crippen LogP contribution in [0.5, 0.6) is 23.0 Å². The van der Waals surface area contributed by atoms with Crippen LogP contribution in [-0.4, -0.2) is 30.9 Å². The topological polar surface area (TPSA) is 94.1 Å². The van der Waals surface area contributed by atoms with E-state index in [1.54, 1.807) is 18.2 Å². The van der Waals surface area contributed by atoms with E-state index < -0.39 is 0 Å². The van der Waals surface area contributed by atoms with Crippen LogP contribution in [0.15, 0.2) is 54.6 Å². The molecule has 172 valence electrons. The van der Waals surface area contributed by atoms with Crippen molar-refractivity contribution in [3.8, 4) is 23.0 Å². The lowest BCUT2D eigenvalue weighted by Crippen LogP contribution is -2.08. The average molecular weight is 450 g/mol. The lowest BCUT2D eigenvalue weighted by atomic mass is 10.0. The molecule has 0 saturated heterocycles. The third kappa shape index (κ3) is 5.63. The monoisotopic (exact) mass is 449 g/mol. The van der Waals surface area contributed by atoms with E-state index in [1.807, 2.05) is 30.3 Å². The Morgan fingerprint density at radius 3 is 2.09 bits per heavy atom. The highest BCUT2D eigenvalue weighted by molar-refractivity contribution is 5.96. The van der Waals surface area contributed by atoms with Gasteiger partial charge in [-0.1, -0.05) is 30.3 Å². The number of carbonyl (C=O) groups is 2. The molecular formula is C26H27NO6. The summed E-state index contributed by atoms with van der Waals surface area (Å²) in [7, 11) is 2.93. The Labute approximate surface area is 192 Å². The summed E-state index contributed by atoms with van der Waals surface area (Å²) in [6.07, 6.45) is 0. The molecular weight excluding hydrogens is 422 g/mol. The molecule has 7 nitrogen and oxygen atoms in total. The smallest absolute Gasteiger partial charge is 0.184 e. The Kier molecular flexibility index (Phi) is 7.56. The van der Waals surface area contributed by atoms with Gasteiger partial charge in [0, 0.05) is 23.2 Å². The summed E-state index contributed by atoms with van der Waals surface area (Å²) in [4.78, 5) is 24.0. The van der Waals surface area contributed by atoms with Gasteiger partial charge in [-0.2, -0.15) is 0 Å². The van der Waals surface area contributed by atoms with E-state index in [-0.39, 0.29) is 29.6 Å². The quantitative estimate of drug-likeness (QED) is 0.420. The first kappa shape index (κ1) is 23.7. The zero-order valence-electron chi connectivity index (χ0n) is 19.1. The van der Waals surface area contributed by atoms with Crippen LogP contribution >= 0.6 is 0 Å². The van der Waals surface area contributed by atoms with Gasteiger partial charge in [0.2, 0.25) is 0 Å². The van der Waals surface area contributed by atoms with Crippen molar-refractivity contribution in [2.75, 3.05) is 19.5 Å². The second-order valence-electron chi connectivity index (χ2n) is 7.48. The number of aromatic hydroxyl groups is 1. The van der Waals surface area contributed by atoms with Gasteiger partial charge in [0.25, 0.3) is 0 Å². The van der Waals surface area contributed by atoms with Crippen LogP contribution < -0.4 is 19.5 Å². The van der Waals surface area contributed by atoms with Crippen molar-refractivity contribution in [1.29, 1.82) is 0 Å². The van der Waals surface area contributed by atoms with E-state index in [1.165, 1.54) is 34.1 Å². The van der Waals surface area contributed by atoms with Gasteiger partial charge in [-0.05, 0) is 43.7 Å². The molecule has 0 atom stereocenters. The lowest BCUT2D eigenvalue weighted by Gasteiger charge is -2.19. The molecule has 0 amide bonds. The van der Waals surface area contributed by atoms with Gasteiger partial charge >= 0.3 is 0 Å². The molecule has 0 spiro atoms. The van der Waals surface area contributed by atoms with Crippen LogP contribution in [0.1, 0.15) is 45.7 Å². The summed E-state index contributed by atoms with van der Waals surface area (Å²) in [6.45, 7) is 3.36. The molecule has 3 aromatic rings. The first-order valence-corrected chi connectivity index (χ1v) is 10.4. The molecule has 7 heteroatoms. The van der Waals surface area contributed by atoms with Crippen molar-refractivity contribution in [2.24, 2.45) is 0 Å². The first-order chi connectivity index (χ1) is 15.8. The van der Waals surface area contributed by atoms with E-state index in [9.17, 15) is 14.7 Å². The number of hydrogen-bond acceptors (Lipinski definition) is 7. The maximum absolute atomic E-state index is 12.1. The van der Waals surface area contributed by atoms with Crippen molar-refractivity contribution in [3.05, 3.63) is 76.9 Å². The van der Waals surface area contributed by atoms with Crippen LogP contribution in [0, 0.1) is 0 Å². The second-order valence-corrected chi connectivity index (χ2v) is 7.48. The van der Waals surface area contributed by atoms with Crippen molar-refractivity contribution in [1.82, 2.24) is 0 Å². The number of rotatable bonds is 10. The number of phenolic OH excluding ortho intramolecular Hbond substituents is 1. The van der Waals surface area contributed by atoms with Gasteiger partial charge in [0.05, 0.1) is 19.9 Å². The van der Waals surface area contributed by atoms with E-state index in [2.05, 4.69) is 5.32 Å². The zero-order chi connectivity index (χ0) is 24.0. The molecule has 3 rings (SSSR count). The van der Waals surface area contributed by atoms with E-state index in [4.69, 9.17) is 14.2 Å². The summed E-state index contributed by atoms with van der Waals surface area (Å²) < 4.78 is 16.8. The molecule has 33 heavy (non-hydrogen) atoms. The zero-order valence-corrected chi connectivity index (χ0v) is 19.1. The molecule has 0 aliphatic rings. The number of methoxy groups -OCH3 is 2. The van der Waals surface area contributed by atoms with Gasteiger partial charge in [-0.15, -0.1) is 0 Å². The van der Waals surface area contributed by atoms with E-state index in [0.29, 0.717) is 40.5 Å². The maximum Gasteiger partial charge on any atom is 0.184 e. The van der Waals surface area contributed by atoms with Crippen molar-refractivity contribution in [3.63, 3.8) is 0 Å². The highest BCUT2D eigenvalue weighted by Gasteiger charge is 2.18. The molecule has 0 unspecified atom stereocenters. The molecule has 0 aliphatic carbocycles. The number of Topliss-reactive ketones (excluding diaryl/α,β-unsaturated/α-hetero) is 2. The number of anilines is 1. The molecule has 0 radical (unpaired) electrons. The third-order valence-corrected chi connectivity index (χ3v) is 5.16. The van der Waals surface area contributed by atoms with E-state index in [0.717, 1.165) is 5.56 Å². The number of phenols is 1. The molecule has 0 aliphatic heterocycles. The SMILES string of the molecule is COc1cc(C(C)=O)cc(CNc2cc(C(C)=O)cc(OC)c2OCc2ccccc2)c1O. The molecule has 0 heterocycles. The van der Waals surface area contributed by atoms with Gasteiger partial charge in [-0.25, -0.2) is 0 Å². The van der Waals surface area contributed by atoms with E-state index >= 15 is 0 Å². The minimum Gasteiger partial charge on any atom is -0.504 e. The fraction of sp³-hybridized carbons (Fsp3) is 0.231. The second kappa shape index (κ2) is 10.5. The van der Waals surface area contributed by atoms with Gasteiger partial charge in [0.15, 0.2) is 34.6 Å². The molecule has 0 bridgehead atoms. The minimum atomic E-state index is -0.151. The van der Waals surface area contributed by atoms with Crippen LogP contribution in [0.2, 0.25) is 0 Å². The summed E-state index contributed by atoms with van der Waals surface area (Å²) in [5.41, 5.74) is 2.80. The van der Waals surface area contributed by atoms with Crippen LogP contribution in [0.4, 0.5) is 5.69 Å². The van der Waals surface area contributed by atoms with Crippen LogP contribution in [-0.2, 0) is 13.2 Å². The molecule has 0 fully saturated rings. The minimum absolute atomic E-state index is 0.0727. The highest BCUT2D eigenvalue weighted by Crippen LogP contribution is 2.39. The van der Waals surface area contributed by atoms with Gasteiger partial charge in [-0.3, -0.25) is 9.59 Å². The highest BCUT2D eigenvalue weighted by atomic mass is 16.5. The van der Waals surface area contributed by atoms with Gasteiger partial charge in [0.1, 0.15) is 6.61 Å². The number of hydrogen-bond donors (Lipinski definition) is 2. The summed E-state index contributed by atoms with van der Waals surface area (Å²) >= 11 is 0. The van der Waals surface area contributed by atoms with Gasteiger partial charge < -0.3 is 24.6 Å². The van der Waals surface area contributed by atoms with Crippen molar-refractivity contribution < 1.29 is 28.9 Å². The standard InChI is InChI=1S/C26H27NO6/c1-16(28)19-10-21(25(30)23(12-19)31-3)14-27-22-11-20(17(2)29)13-24(32-4)26(22)33-15-18-8-6-5-7-9-18/h5-13,27,30H,14-15H2,1-4H3. The number of benzene rings is 3. The number of ether oxygens (including phenoxy) is 3.